The van der Waals surface area contributed by atoms with Crippen molar-refractivity contribution in [2.24, 2.45) is 0 Å². The van der Waals surface area contributed by atoms with Gasteiger partial charge in [0, 0.05) is 40.6 Å². The third kappa shape index (κ3) is 3.56. The molecule has 1 aromatic rings. The van der Waals surface area contributed by atoms with E-state index in [-0.39, 0.29) is 10.8 Å². The highest BCUT2D eigenvalue weighted by Gasteiger charge is 2.31. The van der Waals surface area contributed by atoms with Crippen molar-refractivity contribution in [1.82, 2.24) is 9.88 Å². The normalized spacial score (nSPS) is 22.1. The number of aromatic nitrogens is 1. The lowest BCUT2D eigenvalue weighted by Crippen LogP contribution is -2.37. The second-order valence-corrected chi connectivity index (χ2v) is 7.90. The Morgan fingerprint density at radius 1 is 1.40 bits per heavy atom. The van der Waals surface area contributed by atoms with Crippen LogP contribution < -0.4 is 5.32 Å². The van der Waals surface area contributed by atoms with Crippen LogP contribution in [0.5, 0.6) is 0 Å². The van der Waals surface area contributed by atoms with E-state index in [1.165, 1.54) is 0 Å². The summed E-state index contributed by atoms with van der Waals surface area (Å²) in [5, 5.41) is 2.79. The van der Waals surface area contributed by atoms with E-state index in [9.17, 15) is 9.00 Å². The lowest BCUT2D eigenvalue weighted by atomic mass is 10.1. The van der Waals surface area contributed by atoms with E-state index in [2.05, 4.69) is 10.3 Å². The van der Waals surface area contributed by atoms with E-state index in [1.807, 2.05) is 26.8 Å². The van der Waals surface area contributed by atoms with Crippen LogP contribution in [-0.4, -0.2) is 43.7 Å². The number of hydrogen-bond acceptors (Lipinski definition) is 3. The molecule has 6 heteroatoms. The Hall–Kier alpha value is -1.43. The topological polar surface area (TPSA) is 62.3 Å². The van der Waals surface area contributed by atoms with E-state index in [0.717, 1.165) is 12.0 Å². The summed E-state index contributed by atoms with van der Waals surface area (Å²) in [6.45, 7) is 7.08. The molecular weight excluding hydrogens is 274 g/mol. The molecule has 1 aliphatic rings. The number of rotatable bonds is 1. The second kappa shape index (κ2) is 5.91. The maximum Gasteiger partial charge on any atom is 0.323 e. The van der Waals surface area contributed by atoms with Crippen molar-refractivity contribution < 1.29 is 9.00 Å². The highest BCUT2D eigenvalue weighted by Crippen LogP contribution is 2.22. The van der Waals surface area contributed by atoms with Crippen molar-refractivity contribution >= 4 is 22.6 Å². The Labute approximate surface area is 122 Å². The van der Waals surface area contributed by atoms with Crippen LogP contribution in [0, 0.1) is 6.92 Å². The summed E-state index contributed by atoms with van der Waals surface area (Å²) in [6.07, 6.45) is 2.46. The van der Waals surface area contributed by atoms with Gasteiger partial charge in [-0.1, -0.05) is 6.07 Å². The van der Waals surface area contributed by atoms with Crippen molar-refractivity contribution in [1.29, 1.82) is 0 Å². The fraction of sp³-hybridized carbons (Fsp3) is 0.571. The molecule has 1 aliphatic heterocycles. The molecule has 0 radical (unpaired) electrons. The van der Waals surface area contributed by atoms with Crippen LogP contribution in [0.2, 0.25) is 0 Å². The molecule has 1 atom stereocenters. The van der Waals surface area contributed by atoms with Gasteiger partial charge in [-0.15, -0.1) is 0 Å². The molecular formula is C14H21N3O2S. The number of carbonyl (C=O) groups is 1. The zero-order valence-corrected chi connectivity index (χ0v) is 13.0. The van der Waals surface area contributed by atoms with Gasteiger partial charge in [-0.3, -0.25) is 9.53 Å². The molecule has 0 saturated carbocycles. The van der Waals surface area contributed by atoms with Gasteiger partial charge in [0.25, 0.3) is 0 Å². The quantitative estimate of drug-likeness (QED) is 0.863. The molecule has 1 saturated heterocycles. The first-order valence-electron chi connectivity index (χ1n) is 6.75. The molecule has 0 aliphatic carbocycles. The Morgan fingerprint density at radius 3 is 2.80 bits per heavy atom. The van der Waals surface area contributed by atoms with Gasteiger partial charge in [-0.2, -0.15) is 0 Å². The summed E-state index contributed by atoms with van der Waals surface area (Å²) in [4.78, 5) is 18.1. The van der Waals surface area contributed by atoms with Crippen LogP contribution in [0.4, 0.5) is 10.6 Å². The van der Waals surface area contributed by atoms with Crippen molar-refractivity contribution in [2.45, 2.75) is 31.9 Å². The van der Waals surface area contributed by atoms with E-state index in [0.29, 0.717) is 24.7 Å². The fourth-order valence-electron chi connectivity index (χ4n) is 2.03. The SMILES string of the molecule is Cc1ccc(NC(=O)N2CCS(=O)C(C)(C)CC2)nc1. The molecule has 2 amide bonds. The van der Waals surface area contributed by atoms with Gasteiger partial charge in [0.15, 0.2) is 0 Å². The van der Waals surface area contributed by atoms with E-state index < -0.39 is 10.8 Å². The lowest BCUT2D eigenvalue weighted by Gasteiger charge is -2.22. The van der Waals surface area contributed by atoms with Crippen molar-refractivity contribution in [3.8, 4) is 0 Å². The Morgan fingerprint density at radius 2 is 2.15 bits per heavy atom. The molecule has 110 valence electrons. The molecule has 1 N–H and O–H groups in total. The molecule has 5 nitrogen and oxygen atoms in total. The van der Waals surface area contributed by atoms with Crippen LogP contribution in [0.25, 0.3) is 0 Å². The fourth-order valence-corrected chi connectivity index (χ4v) is 3.29. The number of nitrogens with one attached hydrogen (secondary N) is 1. The highest BCUT2D eigenvalue weighted by atomic mass is 32.2. The average Bonchev–Trinajstić information content (AvgIpc) is 2.53. The smallest absolute Gasteiger partial charge is 0.323 e. The number of anilines is 1. The minimum atomic E-state index is -0.892. The third-order valence-corrected chi connectivity index (χ3v) is 5.57. The number of carbonyl (C=O) groups excluding carboxylic acids is 1. The zero-order chi connectivity index (χ0) is 14.8. The van der Waals surface area contributed by atoms with Crippen molar-refractivity contribution in [3.63, 3.8) is 0 Å². The Balaban J connectivity index is 1.99. The van der Waals surface area contributed by atoms with Crippen molar-refractivity contribution in [3.05, 3.63) is 23.9 Å². The van der Waals surface area contributed by atoms with Crippen LogP contribution in [0.1, 0.15) is 25.8 Å². The predicted octanol–water partition coefficient (Wildman–Crippen LogP) is 2.15. The highest BCUT2D eigenvalue weighted by molar-refractivity contribution is 7.86. The first kappa shape index (κ1) is 15.0. The number of urea groups is 1. The lowest BCUT2D eigenvalue weighted by molar-refractivity contribution is 0.214. The first-order chi connectivity index (χ1) is 9.38. The second-order valence-electron chi connectivity index (χ2n) is 5.70. The summed E-state index contributed by atoms with van der Waals surface area (Å²) in [5.74, 6) is 1.08. The molecule has 1 aromatic heterocycles. The first-order valence-corrected chi connectivity index (χ1v) is 8.07. The monoisotopic (exact) mass is 295 g/mol. The van der Waals surface area contributed by atoms with Gasteiger partial charge in [-0.25, -0.2) is 9.78 Å². The molecule has 0 spiro atoms. The summed E-state index contributed by atoms with van der Waals surface area (Å²) in [6, 6.07) is 3.52. The molecule has 1 fully saturated rings. The van der Waals surface area contributed by atoms with Gasteiger partial charge in [0.05, 0.1) is 0 Å². The third-order valence-electron chi connectivity index (χ3n) is 3.58. The van der Waals surface area contributed by atoms with Gasteiger partial charge < -0.3 is 4.90 Å². The zero-order valence-electron chi connectivity index (χ0n) is 12.2. The van der Waals surface area contributed by atoms with E-state index in [4.69, 9.17) is 0 Å². The van der Waals surface area contributed by atoms with Crippen LogP contribution in [0.15, 0.2) is 18.3 Å². The van der Waals surface area contributed by atoms with E-state index in [1.54, 1.807) is 17.2 Å². The van der Waals surface area contributed by atoms with Gasteiger partial charge >= 0.3 is 6.03 Å². The molecule has 2 rings (SSSR count). The van der Waals surface area contributed by atoms with Crippen molar-refractivity contribution in [2.75, 3.05) is 24.2 Å². The average molecular weight is 295 g/mol. The molecule has 20 heavy (non-hydrogen) atoms. The minimum absolute atomic E-state index is 0.170. The van der Waals surface area contributed by atoms with Gasteiger partial charge in [0.2, 0.25) is 0 Å². The number of amides is 2. The van der Waals surface area contributed by atoms with Crippen LogP contribution in [0.3, 0.4) is 0 Å². The molecule has 0 bridgehead atoms. The van der Waals surface area contributed by atoms with Crippen LogP contribution in [-0.2, 0) is 10.8 Å². The summed E-state index contributed by atoms with van der Waals surface area (Å²) in [7, 11) is -0.892. The van der Waals surface area contributed by atoms with Crippen LogP contribution >= 0.6 is 0 Å². The Kier molecular flexibility index (Phi) is 4.42. The summed E-state index contributed by atoms with van der Waals surface area (Å²) in [5.41, 5.74) is 1.05. The maximum absolute atomic E-state index is 12.2. The van der Waals surface area contributed by atoms with E-state index >= 15 is 0 Å². The van der Waals surface area contributed by atoms with Gasteiger partial charge in [0.1, 0.15) is 5.82 Å². The Bertz CT molecular complexity index is 514. The summed E-state index contributed by atoms with van der Waals surface area (Å²) >= 11 is 0. The molecule has 0 aromatic carbocycles. The number of hydrogen-bond donors (Lipinski definition) is 1. The number of pyridine rings is 1. The number of nitrogens with zero attached hydrogens (tertiary/aromatic N) is 2. The summed E-state index contributed by atoms with van der Waals surface area (Å²) < 4.78 is 11.8. The predicted molar refractivity (Wildman–Crippen MR) is 81.3 cm³/mol. The standard InChI is InChI=1S/C14H21N3O2S/c1-11-4-5-12(15-10-11)16-13(18)17-7-6-14(2,3)20(19)9-8-17/h4-5,10H,6-9H2,1-3H3,(H,15,16,18). The number of aryl methyl sites for hydroxylation is 1. The maximum atomic E-state index is 12.2. The largest absolute Gasteiger partial charge is 0.324 e. The van der Waals surface area contributed by atoms with Gasteiger partial charge in [-0.05, 0) is 38.8 Å². The minimum Gasteiger partial charge on any atom is -0.324 e. The molecule has 2 heterocycles. The molecule has 1 unspecified atom stereocenters.